The van der Waals surface area contributed by atoms with Crippen LogP contribution in [0.4, 0.5) is 0 Å². The van der Waals surface area contributed by atoms with Gasteiger partial charge in [-0.2, -0.15) is 8.42 Å². The van der Waals surface area contributed by atoms with Crippen LogP contribution in [-0.2, 0) is 20.9 Å². The Morgan fingerprint density at radius 1 is 0.960 bits per heavy atom. The van der Waals surface area contributed by atoms with Crippen molar-refractivity contribution in [3.8, 4) is 0 Å². The second kappa shape index (κ2) is 7.12. The predicted molar refractivity (Wildman–Crippen MR) is 88.7 cm³/mol. The molecule has 1 aromatic rings. The molecular formula is C16H23LiO7S. The monoisotopic (exact) mass is 366 g/mol. The predicted octanol–water partition coefficient (Wildman–Crippen LogP) is 0.0412. The van der Waals surface area contributed by atoms with E-state index >= 15 is 0 Å². The summed E-state index contributed by atoms with van der Waals surface area (Å²) in [5, 5.41) is 19.1. The topological polar surface area (TPSA) is 129 Å². The molecule has 0 amide bonds. The fourth-order valence-corrected chi connectivity index (χ4v) is 3.71. The average Bonchev–Trinajstić information content (AvgIpc) is 2.32. The zero-order valence-electron chi connectivity index (χ0n) is 16.5. The largest absolute Gasteiger partial charge is 1.00 e. The van der Waals surface area contributed by atoms with Gasteiger partial charge in [0, 0.05) is 0 Å². The molecule has 0 radical (unpaired) electrons. The van der Waals surface area contributed by atoms with Crippen molar-refractivity contribution in [3.05, 3.63) is 28.3 Å². The SMILES string of the molecule is CC(C)(C)c1cc(C(=O)O)c(S(=O)(=O)O)c(C(C)(C)C)c1C(=O)O.[H-].[Li+]. The van der Waals surface area contributed by atoms with Crippen LogP contribution in [0.1, 0.15) is 74.8 Å². The van der Waals surface area contributed by atoms with Gasteiger partial charge in [0.1, 0.15) is 4.90 Å². The molecule has 0 spiro atoms. The van der Waals surface area contributed by atoms with Crippen molar-refractivity contribution in [1.29, 1.82) is 0 Å². The fraction of sp³-hybridized carbons (Fsp3) is 0.500. The number of benzene rings is 1. The van der Waals surface area contributed by atoms with Crippen LogP contribution in [0.15, 0.2) is 11.0 Å². The van der Waals surface area contributed by atoms with Gasteiger partial charge in [-0.15, -0.1) is 0 Å². The van der Waals surface area contributed by atoms with Crippen molar-refractivity contribution in [3.63, 3.8) is 0 Å². The van der Waals surface area contributed by atoms with Crippen LogP contribution in [0, 0.1) is 0 Å². The molecule has 136 valence electrons. The van der Waals surface area contributed by atoms with Crippen LogP contribution < -0.4 is 18.9 Å². The zero-order chi connectivity index (χ0) is 19.2. The molecule has 1 rings (SSSR count). The summed E-state index contributed by atoms with van der Waals surface area (Å²) in [7, 11) is -4.95. The summed E-state index contributed by atoms with van der Waals surface area (Å²) in [5.74, 6) is -2.94. The zero-order valence-corrected chi connectivity index (χ0v) is 16.3. The number of carboxylic acids is 2. The molecule has 1 aromatic carbocycles. The summed E-state index contributed by atoms with van der Waals surface area (Å²) in [6.45, 7) is 9.75. The molecule has 0 aliphatic heterocycles. The maximum Gasteiger partial charge on any atom is 1.00 e. The summed E-state index contributed by atoms with van der Waals surface area (Å²) >= 11 is 0. The summed E-state index contributed by atoms with van der Waals surface area (Å²) in [4.78, 5) is 22.6. The number of hydrogen-bond acceptors (Lipinski definition) is 4. The molecule has 9 heteroatoms. The van der Waals surface area contributed by atoms with E-state index in [2.05, 4.69) is 0 Å². The maximum atomic E-state index is 11.9. The third-order valence-corrected chi connectivity index (χ3v) is 4.48. The van der Waals surface area contributed by atoms with Gasteiger partial charge in [-0.1, -0.05) is 41.5 Å². The third-order valence-electron chi connectivity index (χ3n) is 3.54. The van der Waals surface area contributed by atoms with Gasteiger partial charge < -0.3 is 11.6 Å². The second-order valence-corrected chi connectivity index (χ2v) is 8.99. The van der Waals surface area contributed by atoms with Crippen molar-refractivity contribution in [2.75, 3.05) is 0 Å². The van der Waals surface area contributed by atoms with Gasteiger partial charge in [0.05, 0.1) is 11.1 Å². The van der Waals surface area contributed by atoms with E-state index in [-0.39, 0.29) is 37.0 Å². The molecule has 0 unspecified atom stereocenters. The van der Waals surface area contributed by atoms with Crippen LogP contribution >= 0.6 is 0 Å². The van der Waals surface area contributed by atoms with Gasteiger partial charge in [-0.25, -0.2) is 9.59 Å². The minimum Gasteiger partial charge on any atom is -1.00 e. The third kappa shape index (κ3) is 4.85. The fourth-order valence-electron chi connectivity index (χ4n) is 2.62. The van der Waals surface area contributed by atoms with Gasteiger partial charge in [0.25, 0.3) is 10.1 Å². The molecule has 25 heavy (non-hydrogen) atoms. The van der Waals surface area contributed by atoms with Gasteiger partial charge in [-0.3, -0.25) is 4.55 Å². The number of aromatic carboxylic acids is 2. The van der Waals surface area contributed by atoms with Crippen LogP contribution in [0.25, 0.3) is 0 Å². The Morgan fingerprint density at radius 3 is 1.64 bits per heavy atom. The first kappa shape index (κ1) is 23.7. The van der Waals surface area contributed by atoms with Crippen LogP contribution in [0.5, 0.6) is 0 Å². The van der Waals surface area contributed by atoms with E-state index in [0.717, 1.165) is 6.07 Å². The molecule has 0 aliphatic rings. The molecule has 0 fully saturated rings. The number of hydrogen-bond donors (Lipinski definition) is 3. The van der Waals surface area contributed by atoms with Crippen molar-refractivity contribution < 1.29 is 53.1 Å². The molecule has 0 aromatic heterocycles. The quantitative estimate of drug-likeness (QED) is 0.509. The van der Waals surface area contributed by atoms with E-state index in [1.165, 1.54) is 0 Å². The maximum absolute atomic E-state index is 11.9. The van der Waals surface area contributed by atoms with Gasteiger partial charge in [0.2, 0.25) is 0 Å². The summed E-state index contributed by atoms with van der Waals surface area (Å²) in [6.07, 6.45) is 0. The summed E-state index contributed by atoms with van der Waals surface area (Å²) in [5.41, 5.74) is -2.77. The Labute approximate surface area is 160 Å². The van der Waals surface area contributed by atoms with E-state index < -0.39 is 43.3 Å². The van der Waals surface area contributed by atoms with E-state index in [9.17, 15) is 32.8 Å². The van der Waals surface area contributed by atoms with Gasteiger partial charge >= 0.3 is 30.8 Å². The Bertz CT molecular complexity index is 818. The molecule has 3 N–H and O–H groups in total. The van der Waals surface area contributed by atoms with E-state index in [1.807, 2.05) is 0 Å². The van der Waals surface area contributed by atoms with Crippen molar-refractivity contribution in [2.45, 2.75) is 57.3 Å². The Kier molecular flexibility index (Phi) is 6.74. The average molecular weight is 366 g/mol. The van der Waals surface area contributed by atoms with Crippen LogP contribution in [0.2, 0.25) is 0 Å². The first-order valence-electron chi connectivity index (χ1n) is 7.15. The molecule has 0 saturated carbocycles. The van der Waals surface area contributed by atoms with E-state index in [1.54, 1.807) is 41.5 Å². The number of carbonyl (C=O) groups is 2. The van der Waals surface area contributed by atoms with Gasteiger partial charge in [0.15, 0.2) is 0 Å². The Morgan fingerprint density at radius 2 is 1.40 bits per heavy atom. The second-order valence-electron chi connectivity index (χ2n) is 7.64. The molecule has 0 atom stereocenters. The smallest absolute Gasteiger partial charge is 1.00 e. The Balaban J connectivity index is 0. The van der Waals surface area contributed by atoms with Crippen LogP contribution in [0.3, 0.4) is 0 Å². The van der Waals surface area contributed by atoms with Gasteiger partial charge in [-0.05, 0) is 28.0 Å². The van der Waals surface area contributed by atoms with Crippen LogP contribution in [-0.4, -0.2) is 35.1 Å². The molecule has 0 saturated heterocycles. The summed E-state index contributed by atoms with van der Waals surface area (Å²) < 4.78 is 33.3. The molecule has 7 nitrogen and oxygen atoms in total. The summed E-state index contributed by atoms with van der Waals surface area (Å²) in [6, 6.07) is 1.02. The van der Waals surface area contributed by atoms with Crippen molar-refractivity contribution in [1.82, 2.24) is 0 Å². The number of carboxylic acid groups (broad SMARTS) is 2. The van der Waals surface area contributed by atoms with Crippen molar-refractivity contribution >= 4 is 22.1 Å². The minimum absolute atomic E-state index is 0. The first-order valence-corrected chi connectivity index (χ1v) is 8.59. The van der Waals surface area contributed by atoms with E-state index in [0.29, 0.717) is 0 Å². The molecule has 0 bridgehead atoms. The normalized spacial score (nSPS) is 12.4. The molecule has 0 aliphatic carbocycles. The molecular weight excluding hydrogens is 343 g/mol. The van der Waals surface area contributed by atoms with E-state index in [4.69, 9.17) is 0 Å². The Hall–Kier alpha value is -1.33. The standard InChI is InChI=1S/C16H22O7S.Li.H/c1-15(2,3)9-7-8(13(17)18)12(24(21,22)23)11(16(4,5)6)10(9)14(19)20;;/h7H,1-6H3,(H,17,18)(H,19,20)(H,21,22,23);;/q;+1;-1. The minimum atomic E-state index is -4.95. The van der Waals surface area contributed by atoms with Crippen molar-refractivity contribution in [2.24, 2.45) is 0 Å². The number of rotatable bonds is 3. The first-order chi connectivity index (χ1) is 10.5. The molecule has 0 heterocycles.